The van der Waals surface area contributed by atoms with Crippen LogP contribution in [0.3, 0.4) is 0 Å². The van der Waals surface area contributed by atoms with E-state index in [1.54, 1.807) is 6.20 Å². The molecule has 0 spiro atoms. The Morgan fingerprint density at radius 1 is 1.33 bits per heavy atom. The van der Waals surface area contributed by atoms with Gasteiger partial charge < -0.3 is 14.4 Å². The molecule has 3 heterocycles. The molecule has 3 rings (SSSR count). The average molecular weight is 251 g/mol. The molecule has 0 radical (unpaired) electrons. The van der Waals surface area contributed by atoms with Crippen LogP contribution in [0.4, 0.5) is 5.82 Å². The van der Waals surface area contributed by atoms with E-state index in [2.05, 4.69) is 15.1 Å². The lowest BCUT2D eigenvalue weighted by molar-refractivity contribution is -0.188. The van der Waals surface area contributed by atoms with Crippen molar-refractivity contribution >= 4 is 5.82 Å². The van der Waals surface area contributed by atoms with Crippen LogP contribution in [0.15, 0.2) is 12.3 Å². The van der Waals surface area contributed by atoms with E-state index >= 15 is 0 Å². The Balaban J connectivity index is 1.53. The standard InChI is InChI=1S/C13H21N3O2/c1-2-9-17-13(5-1)18-11-4-3-8-16(10-11)12-6-7-14-15-12/h6-7,11,13H,1-5,8-10H2,(H,14,15)/t11-,13?/m0/s1. The Hall–Kier alpha value is -1.07. The van der Waals surface area contributed by atoms with Crippen LogP contribution in [0.25, 0.3) is 0 Å². The molecule has 0 bridgehead atoms. The predicted molar refractivity (Wildman–Crippen MR) is 68.5 cm³/mol. The molecule has 1 aromatic rings. The first kappa shape index (κ1) is 12.0. The minimum absolute atomic E-state index is 0.0190. The number of hydrogen-bond acceptors (Lipinski definition) is 4. The van der Waals surface area contributed by atoms with Crippen molar-refractivity contribution < 1.29 is 9.47 Å². The number of ether oxygens (including phenoxy) is 2. The lowest BCUT2D eigenvalue weighted by Gasteiger charge is -2.35. The van der Waals surface area contributed by atoms with Gasteiger partial charge in [0.25, 0.3) is 0 Å². The number of rotatable bonds is 3. The molecule has 100 valence electrons. The molecule has 1 N–H and O–H groups in total. The highest BCUT2D eigenvalue weighted by molar-refractivity contribution is 5.37. The van der Waals surface area contributed by atoms with E-state index in [0.29, 0.717) is 0 Å². The topological polar surface area (TPSA) is 50.4 Å². The molecular formula is C13H21N3O2. The Labute approximate surface area is 107 Å². The maximum Gasteiger partial charge on any atom is 0.158 e. The van der Waals surface area contributed by atoms with Gasteiger partial charge in [0.1, 0.15) is 5.82 Å². The highest BCUT2D eigenvalue weighted by Gasteiger charge is 2.25. The lowest BCUT2D eigenvalue weighted by atomic mass is 10.1. The quantitative estimate of drug-likeness (QED) is 0.891. The Bertz CT molecular complexity index is 349. The third-order valence-corrected chi connectivity index (χ3v) is 3.69. The van der Waals surface area contributed by atoms with Gasteiger partial charge in [-0.25, -0.2) is 0 Å². The fourth-order valence-electron chi connectivity index (χ4n) is 2.73. The summed E-state index contributed by atoms with van der Waals surface area (Å²) in [5.74, 6) is 1.09. The monoisotopic (exact) mass is 251 g/mol. The van der Waals surface area contributed by atoms with Gasteiger partial charge in [-0.2, -0.15) is 5.10 Å². The molecule has 0 aromatic carbocycles. The van der Waals surface area contributed by atoms with Gasteiger partial charge in [0.15, 0.2) is 6.29 Å². The molecule has 0 saturated carbocycles. The zero-order valence-corrected chi connectivity index (χ0v) is 10.7. The number of nitrogens with one attached hydrogen (secondary N) is 1. The van der Waals surface area contributed by atoms with Crippen LogP contribution in [0.2, 0.25) is 0 Å². The zero-order valence-electron chi connectivity index (χ0n) is 10.7. The Morgan fingerprint density at radius 2 is 2.33 bits per heavy atom. The fourth-order valence-corrected chi connectivity index (χ4v) is 2.73. The van der Waals surface area contributed by atoms with Crippen molar-refractivity contribution in [3.05, 3.63) is 12.3 Å². The highest BCUT2D eigenvalue weighted by atomic mass is 16.7. The van der Waals surface area contributed by atoms with Crippen molar-refractivity contribution in [2.75, 3.05) is 24.6 Å². The molecule has 2 aliphatic rings. The van der Waals surface area contributed by atoms with Gasteiger partial charge in [-0.3, -0.25) is 5.10 Å². The van der Waals surface area contributed by atoms with E-state index in [-0.39, 0.29) is 12.4 Å². The van der Waals surface area contributed by atoms with E-state index in [1.165, 1.54) is 12.8 Å². The van der Waals surface area contributed by atoms with Gasteiger partial charge in [0.05, 0.1) is 12.3 Å². The second kappa shape index (κ2) is 5.71. The van der Waals surface area contributed by atoms with Crippen molar-refractivity contribution in [1.82, 2.24) is 10.2 Å². The van der Waals surface area contributed by atoms with E-state index in [0.717, 1.165) is 44.8 Å². The smallest absolute Gasteiger partial charge is 0.158 e. The molecule has 2 fully saturated rings. The van der Waals surface area contributed by atoms with Crippen LogP contribution in [0.1, 0.15) is 32.1 Å². The van der Waals surface area contributed by atoms with E-state index < -0.39 is 0 Å². The van der Waals surface area contributed by atoms with Crippen LogP contribution in [0.5, 0.6) is 0 Å². The molecule has 18 heavy (non-hydrogen) atoms. The van der Waals surface area contributed by atoms with Crippen LogP contribution < -0.4 is 4.90 Å². The second-order valence-electron chi connectivity index (χ2n) is 5.08. The van der Waals surface area contributed by atoms with Gasteiger partial charge in [-0.1, -0.05) is 0 Å². The maximum atomic E-state index is 6.06. The summed E-state index contributed by atoms with van der Waals surface area (Å²) in [7, 11) is 0. The van der Waals surface area contributed by atoms with Crippen molar-refractivity contribution in [1.29, 1.82) is 0 Å². The van der Waals surface area contributed by atoms with Crippen LogP contribution in [0, 0.1) is 0 Å². The lowest BCUT2D eigenvalue weighted by Crippen LogP contribution is -2.42. The van der Waals surface area contributed by atoms with Gasteiger partial charge in [-0.05, 0) is 32.1 Å². The summed E-state index contributed by atoms with van der Waals surface area (Å²) in [5, 5.41) is 7.03. The number of H-pyrrole nitrogens is 1. The van der Waals surface area contributed by atoms with Crippen molar-refractivity contribution in [3.63, 3.8) is 0 Å². The summed E-state index contributed by atoms with van der Waals surface area (Å²) in [6.07, 6.45) is 7.83. The minimum atomic E-state index is 0.0190. The summed E-state index contributed by atoms with van der Waals surface area (Å²) in [6.45, 7) is 2.86. The average Bonchev–Trinajstić information content (AvgIpc) is 2.94. The van der Waals surface area contributed by atoms with Crippen LogP contribution in [-0.4, -0.2) is 42.3 Å². The first-order chi connectivity index (χ1) is 8.92. The summed E-state index contributed by atoms with van der Waals surface area (Å²) in [6, 6.07) is 2.01. The summed E-state index contributed by atoms with van der Waals surface area (Å²) >= 11 is 0. The van der Waals surface area contributed by atoms with Crippen LogP contribution in [-0.2, 0) is 9.47 Å². The minimum Gasteiger partial charge on any atom is -0.354 e. The number of nitrogens with zero attached hydrogens (tertiary/aromatic N) is 2. The predicted octanol–water partition coefficient (Wildman–Crippen LogP) is 1.92. The number of aromatic nitrogens is 2. The van der Waals surface area contributed by atoms with Crippen molar-refractivity contribution in [3.8, 4) is 0 Å². The van der Waals surface area contributed by atoms with Crippen molar-refractivity contribution in [2.24, 2.45) is 0 Å². The summed E-state index contributed by atoms with van der Waals surface area (Å²) < 4.78 is 11.7. The third kappa shape index (κ3) is 2.84. The summed E-state index contributed by atoms with van der Waals surface area (Å²) in [4.78, 5) is 2.31. The maximum absolute atomic E-state index is 6.06. The number of hydrogen-bond donors (Lipinski definition) is 1. The first-order valence-electron chi connectivity index (χ1n) is 6.93. The molecule has 1 unspecified atom stereocenters. The van der Waals surface area contributed by atoms with E-state index in [9.17, 15) is 0 Å². The highest BCUT2D eigenvalue weighted by Crippen LogP contribution is 2.22. The van der Waals surface area contributed by atoms with E-state index in [1.807, 2.05) is 6.07 Å². The molecule has 2 saturated heterocycles. The fraction of sp³-hybridized carbons (Fsp3) is 0.769. The Morgan fingerprint density at radius 3 is 3.11 bits per heavy atom. The normalized spacial score (nSPS) is 29.4. The van der Waals surface area contributed by atoms with E-state index in [4.69, 9.17) is 9.47 Å². The SMILES string of the molecule is c1cc(N2CCC[C@H](OC3CCCCO3)C2)[nH]n1. The molecular weight excluding hydrogens is 230 g/mol. The van der Waals surface area contributed by atoms with Gasteiger partial charge >= 0.3 is 0 Å². The molecule has 5 heteroatoms. The number of aromatic amines is 1. The Kier molecular flexibility index (Phi) is 3.81. The van der Waals surface area contributed by atoms with Gasteiger partial charge in [0.2, 0.25) is 0 Å². The first-order valence-corrected chi connectivity index (χ1v) is 6.93. The van der Waals surface area contributed by atoms with Crippen LogP contribution >= 0.6 is 0 Å². The molecule has 2 aliphatic heterocycles. The third-order valence-electron chi connectivity index (χ3n) is 3.69. The molecule has 0 aliphatic carbocycles. The molecule has 1 aromatic heterocycles. The van der Waals surface area contributed by atoms with Gasteiger partial charge in [-0.15, -0.1) is 0 Å². The molecule has 0 amide bonds. The number of anilines is 1. The largest absolute Gasteiger partial charge is 0.354 e. The second-order valence-corrected chi connectivity index (χ2v) is 5.08. The van der Waals surface area contributed by atoms with Gasteiger partial charge in [0, 0.05) is 25.8 Å². The zero-order chi connectivity index (χ0) is 12.2. The molecule has 5 nitrogen and oxygen atoms in total. The number of piperidine rings is 1. The molecule has 2 atom stereocenters. The van der Waals surface area contributed by atoms with Crippen molar-refractivity contribution in [2.45, 2.75) is 44.5 Å². The summed E-state index contributed by atoms with van der Waals surface area (Å²) in [5.41, 5.74) is 0.